The topological polar surface area (TPSA) is 48.1 Å². The Kier molecular flexibility index (Phi) is 4.60. The van der Waals surface area contributed by atoms with Gasteiger partial charge in [0.1, 0.15) is 5.82 Å². The highest BCUT2D eigenvalue weighted by molar-refractivity contribution is 7.09. The number of aromatic amines is 1. The average Bonchev–Trinajstić information content (AvgIpc) is 3.19. The van der Waals surface area contributed by atoms with Crippen LogP contribution in [0, 0.1) is 6.92 Å². The second-order valence-electron chi connectivity index (χ2n) is 6.43. The van der Waals surface area contributed by atoms with Gasteiger partial charge in [-0.2, -0.15) is 0 Å². The highest BCUT2D eigenvalue weighted by Crippen LogP contribution is 2.15. The fraction of sp³-hybridized carbons (Fsp3) is 0.444. The van der Waals surface area contributed by atoms with Crippen LogP contribution < -0.4 is 0 Å². The van der Waals surface area contributed by atoms with Crippen molar-refractivity contribution in [3.63, 3.8) is 0 Å². The first kappa shape index (κ1) is 15.7. The number of hydrogen-bond acceptors (Lipinski definition) is 5. The summed E-state index contributed by atoms with van der Waals surface area (Å²) in [6.07, 6.45) is 1.13. The van der Waals surface area contributed by atoms with Gasteiger partial charge in [0.05, 0.1) is 28.8 Å². The molecule has 4 rings (SSSR count). The molecule has 0 atom stereocenters. The Morgan fingerprint density at radius 1 is 1.12 bits per heavy atom. The Morgan fingerprint density at radius 3 is 2.67 bits per heavy atom. The lowest BCUT2D eigenvalue weighted by Crippen LogP contribution is -2.46. The van der Waals surface area contributed by atoms with E-state index >= 15 is 0 Å². The SMILES string of the molecule is Cc1ncsc1CCN1CCN(Cc2nc3ccccc3[nH]2)CC1. The highest BCUT2D eigenvalue weighted by Gasteiger charge is 2.18. The molecule has 1 saturated heterocycles. The number of para-hydroxylation sites is 2. The third-order valence-electron chi connectivity index (χ3n) is 4.78. The van der Waals surface area contributed by atoms with E-state index in [4.69, 9.17) is 0 Å². The third kappa shape index (κ3) is 3.50. The van der Waals surface area contributed by atoms with E-state index in [0.717, 1.165) is 62.5 Å². The van der Waals surface area contributed by atoms with E-state index in [1.165, 1.54) is 10.6 Å². The number of nitrogens with zero attached hydrogens (tertiary/aromatic N) is 4. The van der Waals surface area contributed by atoms with Crippen LogP contribution in [0.3, 0.4) is 0 Å². The van der Waals surface area contributed by atoms with E-state index in [-0.39, 0.29) is 0 Å². The van der Waals surface area contributed by atoms with Gasteiger partial charge >= 0.3 is 0 Å². The molecule has 0 aliphatic carbocycles. The Hall–Kier alpha value is -1.76. The molecule has 5 nitrogen and oxygen atoms in total. The summed E-state index contributed by atoms with van der Waals surface area (Å²) in [5, 5.41) is 0. The van der Waals surface area contributed by atoms with Gasteiger partial charge in [0, 0.05) is 37.6 Å². The Labute approximate surface area is 146 Å². The molecule has 0 saturated carbocycles. The molecule has 24 heavy (non-hydrogen) atoms. The molecule has 2 aromatic heterocycles. The van der Waals surface area contributed by atoms with E-state index in [1.807, 2.05) is 17.6 Å². The molecule has 1 N–H and O–H groups in total. The summed E-state index contributed by atoms with van der Waals surface area (Å²) >= 11 is 1.78. The van der Waals surface area contributed by atoms with Gasteiger partial charge in [0.2, 0.25) is 0 Å². The number of H-pyrrole nitrogens is 1. The summed E-state index contributed by atoms with van der Waals surface area (Å²) in [6.45, 7) is 8.66. The zero-order chi connectivity index (χ0) is 16.4. The number of imidazole rings is 1. The molecule has 3 heterocycles. The van der Waals surface area contributed by atoms with Crippen LogP contribution in [0.4, 0.5) is 0 Å². The van der Waals surface area contributed by atoms with Gasteiger partial charge in [0.25, 0.3) is 0 Å². The lowest BCUT2D eigenvalue weighted by atomic mass is 10.2. The summed E-state index contributed by atoms with van der Waals surface area (Å²) < 4.78 is 0. The van der Waals surface area contributed by atoms with Crippen LogP contribution in [-0.4, -0.2) is 57.5 Å². The van der Waals surface area contributed by atoms with E-state index in [9.17, 15) is 0 Å². The highest BCUT2D eigenvalue weighted by atomic mass is 32.1. The molecule has 0 amide bonds. The van der Waals surface area contributed by atoms with Crippen LogP contribution >= 0.6 is 11.3 Å². The van der Waals surface area contributed by atoms with E-state index < -0.39 is 0 Å². The number of rotatable bonds is 5. The van der Waals surface area contributed by atoms with Gasteiger partial charge < -0.3 is 9.88 Å². The Morgan fingerprint density at radius 2 is 1.92 bits per heavy atom. The fourth-order valence-corrected chi connectivity index (χ4v) is 4.06. The lowest BCUT2D eigenvalue weighted by molar-refractivity contribution is 0.126. The van der Waals surface area contributed by atoms with Crippen LogP contribution in [-0.2, 0) is 13.0 Å². The molecule has 3 aromatic rings. The predicted molar refractivity (Wildman–Crippen MR) is 98.4 cm³/mol. The van der Waals surface area contributed by atoms with Crippen molar-refractivity contribution in [3.05, 3.63) is 46.2 Å². The zero-order valence-corrected chi connectivity index (χ0v) is 14.9. The molecular weight excluding hydrogens is 318 g/mol. The van der Waals surface area contributed by atoms with Crippen LogP contribution in [0.25, 0.3) is 11.0 Å². The monoisotopic (exact) mass is 341 g/mol. The number of benzene rings is 1. The van der Waals surface area contributed by atoms with Crippen LogP contribution in [0.5, 0.6) is 0 Å². The van der Waals surface area contributed by atoms with Crippen LogP contribution in [0.15, 0.2) is 29.8 Å². The second kappa shape index (κ2) is 7.01. The van der Waals surface area contributed by atoms with Crippen molar-refractivity contribution in [2.45, 2.75) is 19.9 Å². The summed E-state index contributed by atoms with van der Waals surface area (Å²) in [7, 11) is 0. The average molecular weight is 341 g/mol. The van der Waals surface area contributed by atoms with Gasteiger partial charge in [-0.25, -0.2) is 9.97 Å². The largest absolute Gasteiger partial charge is 0.341 e. The molecule has 126 valence electrons. The summed E-state index contributed by atoms with van der Waals surface area (Å²) in [6, 6.07) is 8.24. The van der Waals surface area contributed by atoms with Crippen LogP contribution in [0.2, 0.25) is 0 Å². The van der Waals surface area contributed by atoms with Crippen molar-refractivity contribution in [2.24, 2.45) is 0 Å². The lowest BCUT2D eigenvalue weighted by Gasteiger charge is -2.34. The maximum Gasteiger partial charge on any atom is 0.121 e. The van der Waals surface area contributed by atoms with Crippen molar-refractivity contribution in [3.8, 4) is 0 Å². The zero-order valence-electron chi connectivity index (χ0n) is 14.0. The Balaban J connectivity index is 1.27. The number of nitrogens with one attached hydrogen (secondary N) is 1. The van der Waals surface area contributed by atoms with E-state index in [1.54, 1.807) is 11.3 Å². The second-order valence-corrected chi connectivity index (χ2v) is 7.37. The molecule has 0 bridgehead atoms. The molecule has 1 fully saturated rings. The third-order valence-corrected chi connectivity index (χ3v) is 5.77. The number of thiazole rings is 1. The number of aromatic nitrogens is 3. The first-order chi connectivity index (χ1) is 11.8. The first-order valence-corrected chi connectivity index (χ1v) is 9.43. The molecular formula is C18H23N5S. The fourth-order valence-electron chi connectivity index (χ4n) is 3.29. The smallest absolute Gasteiger partial charge is 0.121 e. The van der Waals surface area contributed by atoms with Gasteiger partial charge in [0.15, 0.2) is 0 Å². The molecule has 0 unspecified atom stereocenters. The van der Waals surface area contributed by atoms with Gasteiger partial charge in [-0.15, -0.1) is 11.3 Å². The van der Waals surface area contributed by atoms with E-state index in [2.05, 4.69) is 43.8 Å². The first-order valence-electron chi connectivity index (χ1n) is 8.55. The van der Waals surface area contributed by atoms with Gasteiger partial charge in [-0.3, -0.25) is 4.90 Å². The normalized spacial score (nSPS) is 16.9. The number of fused-ring (bicyclic) bond motifs is 1. The van der Waals surface area contributed by atoms with Gasteiger partial charge in [-0.05, 0) is 25.5 Å². The molecule has 0 spiro atoms. The van der Waals surface area contributed by atoms with E-state index in [0.29, 0.717) is 0 Å². The minimum absolute atomic E-state index is 0.913. The number of hydrogen-bond donors (Lipinski definition) is 1. The molecule has 1 aliphatic heterocycles. The van der Waals surface area contributed by atoms with Crippen molar-refractivity contribution >= 4 is 22.4 Å². The van der Waals surface area contributed by atoms with Crippen molar-refractivity contribution in [1.29, 1.82) is 0 Å². The quantitative estimate of drug-likeness (QED) is 0.775. The molecule has 6 heteroatoms. The van der Waals surface area contributed by atoms with Crippen molar-refractivity contribution < 1.29 is 0 Å². The van der Waals surface area contributed by atoms with Crippen molar-refractivity contribution in [1.82, 2.24) is 24.8 Å². The summed E-state index contributed by atoms with van der Waals surface area (Å²) in [5.74, 6) is 1.07. The Bertz CT molecular complexity index is 767. The maximum absolute atomic E-state index is 4.69. The molecule has 0 radical (unpaired) electrons. The number of aryl methyl sites for hydroxylation is 1. The van der Waals surface area contributed by atoms with Crippen molar-refractivity contribution in [2.75, 3.05) is 32.7 Å². The predicted octanol–water partition coefficient (Wildman–Crippen LogP) is 2.69. The van der Waals surface area contributed by atoms with Crippen LogP contribution in [0.1, 0.15) is 16.4 Å². The summed E-state index contributed by atoms with van der Waals surface area (Å²) in [5.41, 5.74) is 5.34. The minimum atomic E-state index is 0.913. The molecule has 1 aliphatic rings. The standard InChI is InChI=1S/C18H23N5S/c1-14-17(24-13-19-14)6-7-22-8-10-23(11-9-22)12-18-20-15-4-2-3-5-16(15)21-18/h2-5,13H,6-12H2,1H3,(H,20,21). The number of piperazine rings is 1. The maximum atomic E-state index is 4.69. The molecule has 1 aromatic carbocycles. The summed E-state index contributed by atoms with van der Waals surface area (Å²) in [4.78, 5) is 18.9. The minimum Gasteiger partial charge on any atom is -0.341 e. The van der Waals surface area contributed by atoms with Gasteiger partial charge in [-0.1, -0.05) is 12.1 Å².